The van der Waals surface area contributed by atoms with Crippen LogP contribution in [0.15, 0.2) is 53.4 Å². The molecule has 0 heterocycles. The molecule has 1 unspecified atom stereocenters. The van der Waals surface area contributed by atoms with Gasteiger partial charge in [0.05, 0.1) is 22.8 Å². The van der Waals surface area contributed by atoms with Crippen molar-refractivity contribution in [1.82, 2.24) is 10.2 Å². The van der Waals surface area contributed by atoms with Gasteiger partial charge in [-0.25, -0.2) is 8.42 Å². The lowest BCUT2D eigenvalue weighted by Crippen LogP contribution is -2.58. The number of sulfonamides is 1. The van der Waals surface area contributed by atoms with E-state index in [1.165, 1.54) is 23.1 Å². The highest BCUT2D eigenvalue weighted by molar-refractivity contribution is 7.92. The Morgan fingerprint density at radius 1 is 0.976 bits per heavy atom. The van der Waals surface area contributed by atoms with Gasteiger partial charge in [-0.3, -0.25) is 14.3 Å². The summed E-state index contributed by atoms with van der Waals surface area (Å²) >= 11 is 0. The van der Waals surface area contributed by atoms with Crippen molar-refractivity contribution in [2.45, 2.75) is 96.5 Å². The third-order valence-electron chi connectivity index (χ3n) is 7.47. The van der Waals surface area contributed by atoms with E-state index in [1.807, 2.05) is 20.8 Å². The molecule has 3 N–H and O–H groups in total. The van der Waals surface area contributed by atoms with Crippen LogP contribution in [0.4, 0.5) is 5.69 Å². The van der Waals surface area contributed by atoms with Crippen LogP contribution in [0.3, 0.4) is 0 Å². The Morgan fingerprint density at radius 2 is 1.59 bits per heavy atom. The zero-order valence-electron chi connectivity index (χ0n) is 25.4. The van der Waals surface area contributed by atoms with Crippen LogP contribution in [0.5, 0.6) is 0 Å². The van der Waals surface area contributed by atoms with Gasteiger partial charge in [-0.15, -0.1) is 0 Å². The summed E-state index contributed by atoms with van der Waals surface area (Å²) in [6, 6.07) is 12.1. The maximum Gasteiger partial charge on any atom is 0.261 e. The molecule has 41 heavy (non-hydrogen) atoms. The smallest absolute Gasteiger partial charge is 0.261 e. The Morgan fingerprint density at radius 3 is 2.17 bits per heavy atom. The van der Waals surface area contributed by atoms with Gasteiger partial charge >= 0.3 is 0 Å². The van der Waals surface area contributed by atoms with Crippen molar-refractivity contribution in [2.24, 2.45) is 11.3 Å². The molecule has 1 aliphatic rings. The molecule has 0 aliphatic heterocycles. The molecule has 226 valence electrons. The standard InChI is InChI=1S/C32H47N3O5S/c1-23-16-18-25(19-17-23)41(39,40)34-27-15-11-10-14-26(27)30(38)35(20-21-36)28(24-12-8-7-9-13-24)29(37)33-32(5,6)22-31(2,3)4/h10-11,14-19,24,28,34,36H,7-9,12-13,20-22H2,1-6H3,(H,33,37). The van der Waals surface area contributed by atoms with E-state index in [9.17, 15) is 23.1 Å². The molecular formula is C32H47N3O5S. The fourth-order valence-electron chi connectivity index (χ4n) is 6.15. The molecule has 0 saturated heterocycles. The van der Waals surface area contributed by atoms with Crippen LogP contribution in [0.2, 0.25) is 0 Å². The van der Waals surface area contributed by atoms with Crippen molar-refractivity contribution in [1.29, 1.82) is 0 Å². The van der Waals surface area contributed by atoms with Gasteiger partial charge in [-0.2, -0.15) is 0 Å². The lowest BCUT2D eigenvalue weighted by atomic mass is 9.80. The fourth-order valence-corrected chi connectivity index (χ4v) is 7.23. The molecule has 1 atom stereocenters. The summed E-state index contributed by atoms with van der Waals surface area (Å²) in [6.07, 6.45) is 5.35. The molecule has 0 radical (unpaired) electrons. The second-order valence-corrected chi connectivity index (χ2v) is 14.8. The Hall–Kier alpha value is -2.91. The number of anilines is 1. The van der Waals surface area contributed by atoms with E-state index >= 15 is 0 Å². The number of amides is 2. The molecular weight excluding hydrogens is 538 g/mol. The fraction of sp³-hybridized carbons (Fsp3) is 0.562. The van der Waals surface area contributed by atoms with Gasteiger partial charge < -0.3 is 15.3 Å². The van der Waals surface area contributed by atoms with Crippen LogP contribution in [0, 0.1) is 18.3 Å². The third-order valence-corrected chi connectivity index (χ3v) is 8.85. The lowest BCUT2D eigenvalue weighted by Gasteiger charge is -2.41. The molecule has 1 aliphatic carbocycles. The summed E-state index contributed by atoms with van der Waals surface area (Å²) in [4.78, 5) is 29.8. The van der Waals surface area contributed by atoms with Crippen LogP contribution in [-0.2, 0) is 14.8 Å². The van der Waals surface area contributed by atoms with Gasteiger partial charge in [0, 0.05) is 12.1 Å². The first kappa shape index (κ1) is 32.6. The maximum absolute atomic E-state index is 14.2. The topological polar surface area (TPSA) is 116 Å². The van der Waals surface area contributed by atoms with E-state index in [4.69, 9.17) is 0 Å². The highest BCUT2D eigenvalue weighted by atomic mass is 32.2. The summed E-state index contributed by atoms with van der Waals surface area (Å²) in [7, 11) is -3.97. The largest absolute Gasteiger partial charge is 0.395 e. The van der Waals surface area contributed by atoms with E-state index in [0.29, 0.717) is 0 Å². The molecule has 9 heteroatoms. The zero-order valence-corrected chi connectivity index (χ0v) is 26.2. The quantitative estimate of drug-likeness (QED) is 0.322. The Kier molecular flexibility index (Phi) is 10.6. The van der Waals surface area contributed by atoms with Crippen LogP contribution < -0.4 is 10.0 Å². The summed E-state index contributed by atoms with van der Waals surface area (Å²) in [5, 5.41) is 13.2. The highest BCUT2D eigenvalue weighted by Crippen LogP contribution is 2.33. The molecule has 2 amide bonds. The van der Waals surface area contributed by atoms with Crippen molar-refractivity contribution in [2.75, 3.05) is 17.9 Å². The average Bonchev–Trinajstić information content (AvgIpc) is 2.87. The number of aryl methyl sites for hydroxylation is 1. The van der Waals surface area contributed by atoms with Crippen molar-refractivity contribution in [3.05, 3.63) is 59.7 Å². The SMILES string of the molecule is Cc1ccc(S(=O)(=O)Nc2ccccc2C(=O)N(CCO)C(C(=O)NC(C)(C)CC(C)(C)C)C2CCCCC2)cc1. The molecule has 0 aromatic heterocycles. The first-order valence-electron chi connectivity index (χ1n) is 14.6. The summed E-state index contributed by atoms with van der Waals surface area (Å²) < 4.78 is 29.0. The van der Waals surface area contributed by atoms with Gasteiger partial charge in [0.15, 0.2) is 0 Å². The molecule has 2 aromatic rings. The van der Waals surface area contributed by atoms with Gasteiger partial charge in [-0.05, 0) is 75.6 Å². The summed E-state index contributed by atoms with van der Waals surface area (Å²) in [5.74, 6) is -0.813. The maximum atomic E-state index is 14.2. The minimum Gasteiger partial charge on any atom is -0.395 e. The van der Waals surface area contributed by atoms with Crippen LogP contribution in [0.1, 0.15) is 89.1 Å². The van der Waals surface area contributed by atoms with Crippen molar-refractivity contribution in [3.8, 4) is 0 Å². The molecule has 8 nitrogen and oxygen atoms in total. The number of nitrogens with one attached hydrogen (secondary N) is 2. The minimum absolute atomic E-state index is 0.0225. The third kappa shape index (κ3) is 9.04. The lowest BCUT2D eigenvalue weighted by molar-refractivity contribution is -0.130. The second kappa shape index (κ2) is 13.4. The number of hydrogen-bond donors (Lipinski definition) is 3. The predicted molar refractivity (Wildman–Crippen MR) is 163 cm³/mol. The van der Waals surface area contributed by atoms with E-state index < -0.39 is 27.5 Å². The van der Waals surface area contributed by atoms with Gasteiger partial charge in [0.2, 0.25) is 5.91 Å². The van der Waals surface area contributed by atoms with Gasteiger partial charge in [0.25, 0.3) is 15.9 Å². The summed E-state index contributed by atoms with van der Waals surface area (Å²) in [6.45, 7) is 11.8. The minimum atomic E-state index is -3.97. The highest BCUT2D eigenvalue weighted by Gasteiger charge is 2.40. The van der Waals surface area contributed by atoms with Gasteiger partial charge in [-0.1, -0.05) is 69.9 Å². The van der Waals surface area contributed by atoms with Crippen LogP contribution >= 0.6 is 0 Å². The first-order valence-corrected chi connectivity index (χ1v) is 16.0. The van der Waals surface area contributed by atoms with E-state index in [1.54, 1.807) is 30.3 Å². The Balaban J connectivity index is 1.99. The summed E-state index contributed by atoms with van der Waals surface area (Å²) in [5.41, 5.74) is 0.635. The molecule has 0 bridgehead atoms. The number of para-hydroxylation sites is 1. The molecule has 1 saturated carbocycles. The van der Waals surface area contributed by atoms with Crippen molar-refractivity contribution >= 4 is 27.5 Å². The Labute approximate surface area is 246 Å². The number of benzene rings is 2. The number of aliphatic hydroxyl groups is 1. The number of rotatable bonds is 11. The van der Waals surface area contributed by atoms with Crippen molar-refractivity contribution < 1.29 is 23.1 Å². The first-order chi connectivity index (χ1) is 19.1. The zero-order chi connectivity index (χ0) is 30.4. The number of nitrogens with zero attached hydrogens (tertiary/aromatic N) is 1. The van der Waals surface area contributed by atoms with Crippen LogP contribution in [0.25, 0.3) is 0 Å². The normalized spacial score (nSPS) is 15.7. The molecule has 2 aromatic carbocycles. The van der Waals surface area contributed by atoms with E-state index in [0.717, 1.165) is 44.1 Å². The van der Waals surface area contributed by atoms with Gasteiger partial charge in [0.1, 0.15) is 6.04 Å². The number of carbonyl (C=O) groups excluding carboxylic acids is 2. The number of carbonyl (C=O) groups is 2. The predicted octanol–water partition coefficient (Wildman–Crippen LogP) is 5.51. The molecule has 1 fully saturated rings. The molecule has 3 rings (SSSR count). The average molecular weight is 586 g/mol. The van der Waals surface area contributed by atoms with Crippen LogP contribution in [-0.4, -0.2) is 55.0 Å². The van der Waals surface area contributed by atoms with Crippen molar-refractivity contribution in [3.63, 3.8) is 0 Å². The monoisotopic (exact) mass is 585 g/mol. The number of aliphatic hydroxyl groups excluding tert-OH is 1. The number of hydrogen-bond acceptors (Lipinski definition) is 5. The van der Waals surface area contributed by atoms with E-state index in [2.05, 4.69) is 30.8 Å². The van der Waals surface area contributed by atoms with E-state index in [-0.39, 0.29) is 46.5 Å². The Bertz CT molecular complexity index is 1290. The molecule has 0 spiro atoms. The second-order valence-electron chi connectivity index (χ2n) is 13.1.